The van der Waals surface area contributed by atoms with Gasteiger partial charge in [0, 0.05) is 12.5 Å². The Morgan fingerprint density at radius 2 is 2.33 bits per heavy atom. The normalized spacial score (nSPS) is 38.8. The van der Waals surface area contributed by atoms with Crippen LogP contribution in [0, 0.1) is 11.8 Å². The maximum absolute atomic E-state index is 11.7. The van der Waals surface area contributed by atoms with E-state index in [2.05, 4.69) is 17.1 Å². The molecule has 0 aromatic carbocycles. The number of carbonyl (C=O) groups is 1. The second kappa shape index (κ2) is 3.47. The van der Waals surface area contributed by atoms with Crippen molar-refractivity contribution in [1.82, 2.24) is 4.90 Å². The molecule has 3 atom stereocenters. The van der Waals surface area contributed by atoms with Gasteiger partial charge >= 0.3 is 0 Å². The largest absolute Gasteiger partial charge is 0.332 e. The fourth-order valence-corrected chi connectivity index (χ4v) is 3.18. The monoisotopic (exact) mass is 204 g/mol. The predicted octanol–water partition coefficient (Wildman–Crippen LogP) is 1.25. The van der Waals surface area contributed by atoms with Gasteiger partial charge in [0.1, 0.15) is 0 Å². The zero-order chi connectivity index (χ0) is 10.3. The highest BCUT2D eigenvalue weighted by atomic mass is 16.2. The van der Waals surface area contributed by atoms with Gasteiger partial charge in [-0.3, -0.25) is 9.79 Å². The lowest BCUT2D eigenvalue weighted by atomic mass is 9.74. The molecule has 2 heterocycles. The Morgan fingerprint density at radius 1 is 1.40 bits per heavy atom. The summed E-state index contributed by atoms with van der Waals surface area (Å²) < 4.78 is 0. The number of fused-ring (bicyclic) bond motifs is 3. The molecular formula is C12H16N2O. The number of carbonyl (C=O) groups excluding carboxylic acids is 1. The molecule has 1 aliphatic carbocycles. The predicted molar refractivity (Wildman–Crippen MR) is 58.8 cm³/mol. The molecule has 3 aliphatic rings. The molecule has 15 heavy (non-hydrogen) atoms. The summed E-state index contributed by atoms with van der Waals surface area (Å²) in [6, 6.07) is 0.345. The number of allylic oxidation sites excluding steroid dienone is 1. The highest BCUT2D eigenvalue weighted by Crippen LogP contribution is 2.37. The highest BCUT2D eigenvalue weighted by molar-refractivity contribution is 6.26. The number of nitrogens with zero attached hydrogens (tertiary/aromatic N) is 2. The van der Waals surface area contributed by atoms with E-state index in [4.69, 9.17) is 0 Å². The van der Waals surface area contributed by atoms with E-state index in [9.17, 15) is 4.79 Å². The van der Waals surface area contributed by atoms with Gasteiger partial charge in [-0.15, -0.1) is 0 Å². The average Bonchev–Trinajstić information content (AvgIpc) is 2.29. The van der Waals surface area contributed by atoms with Crippen LogP contribution >= 0.6 is 0 Å². The average molecular weight is 204 g/mol. The molecule has 0 radical (unpaired) electrons. The van der Waals surface area contributed by atoms with Crippen molar-refractivity contribution >= 4 is 12.1 Å². The minimum absolute atomic E-state index is 0.115. The molecule has 0 spiro atoms. The molecule has 2 aliphatic heterocycles. The fourth-order valence-electron chi connectivity index (χ4n) is 3.18. The molecule has 1 fully saturated rings. The van der Waals surface area contributed by atoms with Gasteiger partial charge in [-0.2, -0.15) is 0 Å². The Bertz CT molecular complexity index is 335. The summed E-state index contributed by atoms with van der Waals surface area (Å²) in [6.45, 7) is 1.74. The van der Waals surface area contributed by atoms with Gasteiger partial charge in [-0.25, -0.2) is 0 Å². The van der Waals surface area contributed by atoms with E-state index >= 15 is 0 Å². The highest BCUT2D eigenvalue weighted by Gasteiger charge is 2.40. The Hall–Kier alpha value is -1.12. The van der Waals surface area contributed by atoms with Crippen LogP contribution in [-0.2, 0) is 4.79 Å². The van der Waals surface area contributed by atoms with Crippen LogP contribution < -0.4 is 0 Å². The molecule has 3 unspecified atom stereocenters. The van der Waals surface area contributed by atoms with Crippen LogP contribution in [0.2, 0.25) is 0 Å². The molecule has 3 nitrogen and oxygen atoms in total. The van der Waals surface area contributed by atoms with Crippen molar-refractivity contribution in [1.29, 1.82) is 0 Å². The van der Waals surface area contributed by atoms with E-state index in [1.54, 1.807) is 0 Å². The van der Waals surface area contributed by atoms with Crippen molar-refractivity contribution < 1.29 is 4.79 Å². The number of rotatable bonds is 0. The minimum Gasteiger partial charge on any atom is -0.332 e. The smallest absolute Gasteiger partial charge is 0.264 e. The van der Waals surface area contributed by atoms with E-state index in [1.807, 2.05) is 4.90 Å². The summed E-state index contributed by atoms with van der Waals surface area (Å²) in [5.41, 5.74) is 0. The van der Waals surface area contributed by atoms with Crippen LogP contribution in [0.1, 0.15) is 19.3 Å². The summed E-state index contributed by atoms with van der Waals surface area (Å²) in [7, 11) is 0. The van der Waals surface area contributed by atoms with Crippen LogP contribution in [0.25, 0.3) is 0 Å². The van der Waals surface area contributed by atoms with Crippen molar-refractivity contribution in [2.75, 3.05) is 13.1 Å². The number of amides is 1. The lowest BCUT2D eigenvalue weighted by molar-refractivity contribution is -0.129. The molecule has 0 aromatic rings. The van der Waals surface area contributed by atoms with E-state index < -0.39 is 0 Å². The number of piperidine rings is 1. The lowest BCUT2D eigenvalue weighted by Crippen LogP contribution is -2.55. The Labute approximate surface area is 89.9 Å². The molecule has 0 aromatic heterocycles. The standard InChI is InChI=1S/C12H16N2O/c15-12-8-13-7-11-10-4-2-1-3-9(10)5-6-14(11)12/h2,4,8-11H,1,3,5-7H2. The Balaban J connectivity index is 1.89. The molecule has 3 rings (SSSR count). The summed E-state index contributed by atoms with van der Waals surface area (Å²) in [5.74, 6) is 1.47. The van der Waals surface area contributed by atoms with Crippen LogP contribution in [0.15, 0.2) is 17.1 Å². The van der Waals surface area contributed by atoms with Crippen LogP contribution in [-0.4, -0.2) is 36.2 Å². The molecular weight excluding hydrogens is 188 g/mol. The van der Waals surface area contributed by atoms with Gasteiger partial charge < -0.3 is 4.90 Å². The number of hydrogen-bond acceptors (Lipinski definition) is 2. The fraction of sp³-hybridized carbons (Fsp3) is 0.667. The maximum atomic E-state index is 11.7. The molecule has 80 valence electrons. The topological polar surface area (TPSA) is 32.7 Å². The van der Waals surface area contributed by atoms with E-state index in [1.165, 1.54) is 25.5 Å². The first-order chi connectivity index (χ1) is 7.36. The SMILES string of the molecule is O=C1C=NCC2C3C=CCCC3CCN12. The zero-order valence-electron chi connectivity index (χ0n) is 8.80. The summed E-state index contributed by atoms with van der Waals surface area (Å²) in [6.07, 6.45) is 9.76. The Morgan fingerprint density at radius 3 is 3.27 bits per heavy atom. The van der Waals surface area contributed by atoms with E-state index in [0.717, 1.165) is 19.0 Å². The quantitative estimate of drug-likeness (QED) is 0.547. The van der Waals surface area contributed by atoms with E-state index in [0.29, 0.717) is 12.0 Å². The molecule has 0 saturated carbocycles. The lowest BCUT2D eigenvalue weighted by Gasteiger charge is -2.46. The minimum atomic E-state index is 0.115. The van der Waals surface area contributed by atoms with Crippen molar-refractivity contribution in [3.63, 3.8) is 0 Å². The first kappa shape index (κ1) is 9.13. The second-order valence-corrected chi connectivity index (χ2v) is 4.72. The number of hydrogen-bond donors (Lipinski definition) is 0. The summed E-state index contributed by atoms with van der Waals surface area (Å²) >= 11 is 0. The van der Waals surface area contributed by atoms with E-state index in [-0.39, 0.29) is 5.91 Å². The first-order valence-electron chi connectivity index (χ1n) is 5.83. The van der Waals surface area contributed by atoms with Gasteiger partial charge in [0.25, 0.3) is 5.91 Å². The van der Waals surface area contributed by atoms with Gasteiger partial charge in [0.15, 0.2) is 0 Å². The molecule has 0 bridgehead atoms. The van der Waals surface area contributed by atoms with Gasteiger partial charge in [0.05, 0.1) is 18.8 Å². The third kappa shape index (κ3) is 1.41. The summed E-state index contributed by atoms with van der Waals surface area (Å²) in [5, 5.41) is 0. The molecule has 1 amide bonds. The molecule has 1 saturated heterocycles. The van der Waals surface area contributed by atoms with Crippen LogP contribution in [0.4, 0.5) is 0 Å². The Kier molecular flexibility index (Phi) is 2.11. The van der Waals surface area contributed by atoms with Crippen molar-refractivity contribution in [3.8, 4) is 0 Å². The second-order valence-electron chi connectivity index (χ2n) is 4.72. The van der Waals surface area contributed by atoms with Gasteiger partial charge in [-0.1, -0.05) is 12.2 Å². The maximum Gasteiger partial charge on any atom is 0.264 e. The van der Waals surface area contributed by atoms with Crippen LogP contribution in [0.5, 0.6) is 0 Å². The number of aliphatic imine (C=N–C) groups is 1. The van der Waals surface area contributed by atoms with Crippen LogP contribution in [0.3, 0.4) is 0 Å². The zero-order valence-corrected chi connectivity index (χ0v) is 8.80. The van der Waals surface area contributed by atoms with Gasteiger partial charge in [-0.05, 0) is 25.2 Å². The summed E-state index contributed by atoms with van der Waals surface area (Å²) in [4.78, 5) is 17.9. The van der Waals surface area contributed by atoms with Crippen molar-refractivity contribution in [3.05, 3.63) is 12.2 Å². The van der Waals surface area contributed by atoms with Crippen molar-refractivity contribution in [2.24, 2.45) is 16.8 Å². The third-order valence-electron chi connectivity index (χ3n) is 3.97. The van der Waals surface area contributed by atoms with Crippen molar-refractivity contribution in [2.45, 2.75) is 25.3 Å². The molecule has 3 heteroatoms. The first-order valence-corrected chi connectivity index (χ1v) is 5.83. The van der Waals surface area contributed by atoms with Gasteiger partial charge in [0.2, 0.25) is 0 Å². The third-order valence-corrected chi connectivity index (χ3v) is 3.97. The molecule has 0 N–H and O–H groups in total.